The number of rotatable bonds is 3. The molecular weight excluding hydrogens is 204 g/mol. The highest BCUT2D eigenvalue weighted by atomic mass is 16.3. The second kappa shape index (κ2) is 5.72. The average molecular weight is 216 g/mol. The average Bonchev–Trinajstić information content (AvgIpc) is 2.30. The maximum absolute atomic E-state index is 11.5. The smallest absolute Gasteiger partial charge is 0.166 e. The van der Waals surface area contributed by atoms with Crippen LogP contribution in [0.4, 0.5) is 0 Å². The Bertz CT molecular complexity index is 464. The minimum atomic E-state index is -0.128. The number of phenols is 1. The normalized spacial score (nSPS) is 9.06. The van der Waals surface area contributed by atoms with E-state index in [4.69, 9.17) is 0 Å². The van der Waals surface area contributed by atoms with Crippen molar-refractivity contribution in [1.29, 1.82) is 0 Å². The third kappa shape index (κ3) is 2.96. The van der Waals surface area contributed by atoms with E-state index in [1.807, 2.05) is 0 Å². The van der Waals surface area contributed by atoms with Gasteiger partial charge in [-0.3, -0.25) is 4.79 Å². The van der Waals surface area contributed by atoms with Crippen LogP contribution in [0.2, 0.25) is 0 Å². The molecule has 1 aromatic carbocycles. The van der Waals surface area contributed by atoms with Crippen molar-refractivity contribution in [3.8, 4) is 17.6 Å². The van der Waals surface area contributed by atoms with Crippen LogP contribution in [0.25, 0.3) is 0 Å². The van der Waals surface area contributed by atoms with Gasteiger partial charge in [0.05, 0.1) is 12.0 Å². The first-order chi connectivity index (χ1) is 7.69. The van der Waals surface area contributed by atoms with Gasteiger partial charge < -0.3 is 9.90 Å². The summed E-state index contributed by atoms with van der Waals surface area (Å²) in [4.78, 5) is 21.5. The Balaban J connectivity index is 3.04. The van der Waals surface area contributed by atoms with Crippen LogP contribution in [0.5, 0.6) is 5.75 Å². The molecule has 16 heavy (non-hydrogen) atoms. The summed E-state index contributed by atoms with van der Waals surface area (Å²) in [6.45, 7) is 1.73. The number of benzene rings is 1. The van der Waals surface area contributed by atoms with Crippen molar-refractivity contribution in [2.24, 2.45) is 0 Å². The zero-order valence-electron chi connectivity index (χ0n) is 8.99. The number of carbonyl (C=O) groups is 2. The number of Topliss-reactive ketones (excluding diaryl/α,β-unsaturated/α-hetero) is 1. The molecule has 0 amide bonds. The number of hydrogen-bond acceptors (Lipinski definition) is 3. The number of aromatic hydroxyl groups is 1. The van der Waals surface area contributed by atoms with Crippen LogP contribution in [-0.4, -0.2) is 17.2 Å². The summed E-state index contributed by atoms with van der Waals surface area (Å²) in [5.41, 5.74) is 0.900. The van der Waals surface area contributed by atoms with Crippen molar-refractivity contribution in [2.75, 3.05) is 0 Å². The Morgan fingerprint density at radius 3 is 2.88 bits per heavy atom. The fourth-order valence-corrected chi connectivity index (χ4v) is 1.22. The molecule has 0 aromatic heterocycles. The molecule has 0 atom stereocenters. The number of aldehydes is 1. The van der Waals surface area contributed by atoms with Crippen LogP contribution in [-0.2, 0) is 4.79 Å². The van der Waals surface area contributed by atoms with Crippen LogP contribution >= 0.6 is 0 Å². The second-order valence-corrected chi connectivity index (χ2v) is 3.18. The van der Waals surface area contributed by atoms with Gasteiger partial charge in [0.2, 0.25) is 0 Å². The Kier molecular flexibility index (Phi) is 4.28. The lowest BCUT2D eigenvalue weighted by Gasteiger charge is -2.02. The third-order valence-corrected chi connectivity index (χ3v) is 2.04. The molecule has 0 aliphatic rings. The summed E-state index contributed by atoms with van der Waals surface area (Å²) in [6, 6.07) is 4.59. The summed E-state index contributed by atoms with van der Waals surface area (Å²) >= 11 is 0. The first kappa shape index (κ1) is 12.0. The van der Waals surface area contributed by atoms with Crippen LogP contribution in [0, 0.1) is 11.8 Å². The lowest BCUT2D eigenvalue weighted by Crippen LogP contribution is -1.97. The molecule has 3 nitrogen and oxygen atoms in total. The Labute approximate surface area is 94.1 Å². The highest BCUT2D eigenvalue weighted by Crippen LogP contribution is 2.19. The molecule has 0 aliphatic heterocycles. The highest BCUT2D eigenvalue weighted by molar-refractivity contribution is 5.98. The van der Waals surface area contributed by atoms with Gasteiger partial charge >= 0.3 is 0 Å². The summed E-state index contributed by atoms with van der Waals surface area (Å²) in [5.74, 6) is 5.23. The van der Waals surface area contributed by atoms with Crippen molar-refractivity contribution in [1.82, 2.24) is 0 Å². The Morgan fingerprint density at radius 1 is 1.50 bits per heavy atom. The van der Waals surface area contributed by atoms with Gasteiger partial charge in [-0.25, -0.2) is 0 Å². The minimum absolute atomic E-state index is 0.0345. The van der Waals surface area contributed by atoms with Gasteiger partial charge in [-0.1, -0.05) is 18.8 Å². The molecule has 0 fully saturated rings. The van der Waals surface area contributed by atoms with Gasteiger partial charge in [-0.2, -0.15) is 0 Å². The first-order valence-corrected chi connectivity index (χ1v) is 4.97. The number of ketones is 1. The van der Waals surface area contributed by atoms with Crippen molar-refractivity contribution in [3.05, 3.63) is 29.3 Å². The number of carbonyl (C=O) groups excluding carboxylic acids is 2. The van der Waals surface area contributed by atoms with E-state index in [1.165, 1.54) is 6.07 Å². The zero-order valence-corrected chi connectivity index (χ0v) is 8.99. The number of phenolic OH excluding ortho intramolecular Hbond substituents is 1. The quantitative estimate of drug-likeness (QED) is 0.477. The van der Waals surface area contributed by atoms with E-state index in [2.05, 4.69) is 11.8 Å². The fraction of sp³-hybridized carbons (Fsp3) is 0.231. The topological polar surface area (TPSA) is 54.4 Å². The van der Waals surface area contributed by atoms with E-state index in [9.17, 15) is 14.7 Å². The summed E-state index contributed by atoms with van der Waals surface area (Å²) in [6.07, 6.45) is 1.21. The van der Waals surface area contributed by atoms with E-state index >= 15 is 0 Å². The van der Waals surface area contributed by atoms with E-state index < -0.39 is 0 Å². The van der Waals surface area contributed by atoms with Gasteiger partial charge in [-0.05, 0) is 18.2 Å². The van der Waals surface area contributed by atoms with Crippen molar-refractivity contribution in [3.63, 3.8) is 0 Å². The van der Waals surface area contributed by atoms with Crippen molar-refractivity contribution < 1.29 is 14.7 Å². The predicted octanol–water partition coefficient (Wildman–Crippen LogP) is 1.93. The molecule has 0 aliphatic carbocycles. The Hall–Kier alpha value is -2.08. The largest absolute Gasteiger partial charge is 0.507 e. The van der Waals surface area contributed by atoms with Gasteiger partial charge in [0.15, 0.2) is 5.78 Å². The monoisotopic (exact) mass is 216 g/mol. The molecule has 0 heterocycles. The standard InChI is InChI=1S/C13H12O3/c1-2-12(15)11-9-10(5-3-4-8-14)6-7-13(11)16/h6-9,16H,2,4H2,1H3. The zero-order chi connectivity index (χ0) is 12.0. The summed E-state index contributed by atoms with van der Waals surface area (Å²) in [5, 5.41) is 9.48. The summed E-state index contributed by atoms with van der Waals surface area (Å²) < 4.78 is 0. The maximum Gasteiger partial charge on any atom is 0.166 e. The molecule has 1 rings (SSSR count). The lowest BCUT2D eigenvalue weighted by atomic mass is 10.0. The SMILES string of the molecule is CCC(=O)c1cc(C#CCC=O)ccc1O. The van der Waals surface area contributed by atoms with Crippen molar-refractivity contribution >= 4 is 12.1 Å². The molecule has 0 saturated heterocycles. The molecule has 0 radical (unpaired) electrons. The maximum atomic E-state index is 11.5. The molecule has 82 valence electrons. The van der Waals surface area contributed by atoms with Gasteiger partial charge in [0, 0.05) is 12.0 Å². The van der Waals surface area contributed by atoms with Crippen LogP contribution in [0.15, 0.2) is 18.2 Å². The fourth-order valence-electron chi connectivity index (χ4n) is 1.22. The predicted molar refractivity (Wildman–Crippen MR) is 60.3 cm³/mol. The van der Waals surface area contributed by atoms with E-state index in [1.54, 1.807) is 19.1 Å². The van der Waals surface area contributed by atoms with Gasteiger partial charge in [0.1, 0.15) is 12.0 Å². The summed E-state index contributed by atoms with van der Waals surface area (Å²) in [7, 11) is 0. The number of hydrogen-bond donors (Lipinski definition) is 1. The van der Waals surface area contributed by atoms with E-state index in [0.29, 0.717) is 18.3 Å². The van der Waals surface area contributed by atoms with Crippen LogP contribution < -0.4 is 0 Å². The molecule has 1 aromatic rings. The van der Waals surface area contributed by atoms with E-state index in [-0.39, 0.29) is 23.5 Å². The molecule has 0 saturated carbocycles. The van der Waals surface area contributed by atoms with E-state index in [0.717, 1.165) is 0 Å². The van der Waals surface area contributed by atoms with Crippen molar-refractivity contribution in [2.45, 2.75) is 19.8 Å². The third-order valence-electron chi connectivity index (χ3n) is 2.04. The molecular formula is C13H12O3. The first-order valence-electron chi connectivity index (χ1n) is 4.97. The van der Waals surface area contributed by atoms with Crippen LogP contribution in [0.3, 0.4) is 0 Å². The lowest BCUT2D eigenvalue weighted by molar-refractivity contribution is -0.107. The minimum Gasteiger partial charge on any atom is -0.507 e. The Morgan fingerprint density at radius 2 is 2.25 bits per heavy atom. The molecule has 1 N–H and O–H groups in total. The van der Waals surface area contributed by atoms with Gasteiger partial charge in [0.25, 0.3) is 0 Å². The van der Waals surface area contributed by atoms with Crippen LogP contribution in [0.1, 0.15) is 35.7 Å². The second-order valence-electron chi connectivity index (χ2n) is 3.18. The molecule has 3 heteroatoms. The molecule has 0 spiro atoms. The molecule has 0 unspecified atom stereocenters. The van der Waals surface area contributed by atoms with Gasteiger partial charge in [-0.15, -0.1) is 0 Å². The highest BCUT2D eigenvalue weighted by Gasteiger charge is 2.08. The molecule has 0 bridgehead atoms.